The summed E-state index contributed by atoms with van der Waals surface area (Å²) in [5, 5.41) is 63.4. The molecule has 1 amide bonds. The van der Waals surface area contributed by atoms with Crippen LogP contribution >= 0.6 is 0 Å². The fourth-order valence-electron chi connectivity index (χ4n) is 7.22. The van der Waals surface area contributed by atoms with Crippen LogP contribution in [0.1, 0.15) is 48.4 Å². The standard InChI is InChI=1S/C35H38N2O10/c1-19(40)37-12-10-35(11-13-37)25-14-20(4-8-28-31(41)27(36-45)16-22(17-38)46-28)2-6-23(25)24-7-3-21(15-26(24)35)5-9-29-32(42)34(44)33(43)30(18-39)47-29/h2-3,6-7,14-15,22,27-34,38-39,41-44H,10-13,16-18H2,1H3/t22-,27?,28?,29?,30+,31-,32+,33+,34+/m0/s1. The molecule has 0 aromatic heterocycles. The molecule has 12 nitrogen and oxygen atoms in total. The van der Waals surface area contributed by atoms with Crippen molar-refractivity contribution in [1.29, 1.82) is 0 Å². The molecule has 2 aromatic carbocycles. The van der Waals surface area contributed by atoms with Crippen LogP contribution in [-0.2, 0) is 19.7 Å². The highest BCUT2D eigenvalue weighted by Crippen LogP contribution is 2.54. The number of hydrogen-bond donors (Lipinski definition) is 6. The molecule has 3 fully saturated rings. The number of carbonyl (C=O) groups excluding carboxylic acids is 1. The lowest BCUT2D eigenvalue weighted by Gasteiger charge is -2.40. The average Bonchev–Trinajstić information content (AvgIpc) is 3.34. The fraction of sp³-hybridized carbons (Fsp3) is 0.514. The van der Waals surface area contributed by atoms with Crippen molar-refractivity contribution >= 4 is 5.91 Å². The first-order chi connectivity index (χ1) is 22.6. The number of carbonyl (C=O) groups is 1. The molecule has 3 saturated heterocycles. The zero-order chi connectivity index (χ0) is 33.5. The summed E-state index contributed by atoms with van der Waals surface area (Å²) < 4.78 is 11.3. The summed E-state index contributed by atoms with van der Waals surface area (Å²) in [5.74, 6) is 11.9. The predicted molar refractivity (Wildman–Crippen MR) is 168 cm³/mol. The summed E-state index contributed by atoms with van der Waals surface area (Å²) in [5.41, 5.74) is 4.99. The van der Waals surface area contributed by atoms with Crippen LogP contribution in [0.15, 0.2) is 41.6 Å². The molecule has 6 N–H and O–H groups in total. The van der Waals surface area contributed by atoms with Crippen LogP contribution in [0.25, 0.3) is 11.1 Å². The van der Waals surface area contributed by atoms with Crippen LogP contribution in [0.2, 0.25) is 0 Å². The molecule has 3 aliphatic heterocycles. The van der Waals surface area contributed by atoms with Gasteiger partial charge in [-0.3, -0.25) is 4.79 Å². The molecule has 2 aromatic rings. The van der Waals surface area contributed by atoms with Crippen molar-refractivity contribution in [3.63, 3.8) is 0 Å². The molecular formula is C35H38N2O10. The Balaban J connectivity index is 1.34. The largest absolute Gasteiger partial charge is 0.394 e. The quantitative estimate of drug-likeness (QED) is 0.192. The Bertz CT molecular complexity index is 1650. The average molecular weight is 647 g/mol. The van der Waals surface area contributed by atoms with Crippen LogP contribution in [0.5, 0.6) is 0 Å². The summed E-state index contributed by atoms with van der Waals surface area (Å²) in [7, 11) is 0. The molecule has 4 aliphatic rings. The van der Waals surface area contributed by atoms with Crippen molar-refractivity contribution in [1.82, 2.24) is 4.90 Å². The third-order valence-electron chi connectivity index (χ3n) is 9.92. The Hall–Kier alpha value is -3.69. The summed E-state index contributed by atoms with van der Waals surface area (Å²) >= 11 is 0. The molecule has 0 radical (unpaired) electrons. The van der Waals surface area contributed by atoms with Gasteiger partial charge < -0.3 is 45.0 Å². The minimum absolute atomic E-state index is 0.00685. The van der Waals surface area contributed by atoms with Crippen molar-refractivity contribution in [3.05, 3.63) is 63.6 Å². The smallest absolute Gasteiger partial charge is 0.219 e. The number of benzene rings is 2. The third kappa shape index (κ3) is 6.08. The molecule has 1 aliphatic carbocycles. The van der Waals surface area contributed by atoms with Gasteiger partial charge in [0.15, 0.2) is 0 Å². The van der Waals surface area contributed by atoms with Gasteiger partial charge >= 0.3 is 0 Å². The second-order valence-corrected chi connectivity index (χ2v) is 12.7. The summed E-state index contributed by atoms with van der Waals surface area (Å²) in [4.78, 5) is 25.3. The van der Waals surface area contributed by atoms with Crippen LogP contribution < -0.4 is 0 Å². The van der Waals surface area contributed by atoms with Crippen LogP contribution in [-0.4, -0.2) is 123 Å². The van der Waals surface area contributed by atoms with Crippen molar-refractivity contribution in [2.24, 2.45) is 5.18 Å². The van der Waals surface area contributed by atoms with E-state index in [0.717, 1.165) is 22.3 Å². The number of aliphatic hydroxyl groups excluding tert-OH is 6. The maximum absolute atomic E-state index is 12.2. The van der Waals surface area contributed by atoms with Gasteiger partial charge in [-0.1, -0.05) is 41.0 Å². The Morgan fingerprint density at radius 3 is 1.94 bits per heavy atom. The van der Waals surface area contributed by atoms with Crippen molar-refractivity contribution in [2.75, 3.05) is 26.3 Å². The predicted octanol–water partition coefficient (Wildman–Crippen LogP) is -0.213. The molecular weight excluding hydrogens is 608 g/mol. The number of hydrogen-bond acceptors (Lipinski definition) is 11. The monoisotopic (exact) mass is 646 g/mol. The third-order valence-corrected chi connectivity index (χ3v) is 9.92. The van der Waals surface area contributed by atoms with Gasteiger partial charge in [-0.15, -0.1) is 0 Å². The Morgan fingerprint density at radius 2 is 1.43 bits per heavy atom. The Morgan fingerprint density at radius 1 is 0.851 bits per heavy atom. The van der Waals surface area contributed by atoms with Gasteiger partial charge in [0.1, 0.15) is 48.8 Å². The van der Waals surface area contributed by atoms with E-state index in [1.54, 1.807) is 6.92 Å². The van der Waals surface area contributed by atoms with E-state index < -0.39 is 66.9 Å². The highest BCUT2D eigenvalue weighted by atomic mass is 16.5. The van der Waals surface area contributed by atoms with Crippen molar-refractivity contribution in [3.8, 4) is 34.8 Å². The minimum atomic E-state index is -1.52. The molecule has 1 spiro atoms. The van der Waals surface area contributed by atoms with Gasteiger partial charge in [-0.2, -0.15) is 4.91 Å². The highest BCUT2D eigenvalue weighted by Gasteiger charge is 2.46. The lowest BCUT2D eigenvalue weighted by atomic mass is 9.70. The molecule has 3 unspecified atom stereocenters. The normalized spacial score (nSPS) is 32.3. The van der Waals surface area contributed by atoms with Gasteiger partial charge in [0.05, 0.1) is 19.3 Å². The Kier molecular flexibility index (Phi) is 9.50. The number of fused-ring (bicyclic) bond motifs is 5. The van der Waals surface area contributed by atoms with E-state index in [-0.39, 0.29) is 18.9 Å². The van der Waals surface area contributed by atoms with Gasteiger partial charge in [-0.05, 0) is 59.4 Å². The molecule has 0 saturated carbocycles. The lowest BCUT2D eigenvalue weighted by molar-refractivity contribution is -0.214. The van der Waals surface area contributed by atoms with E-state index in [2.05, 4.69) is 28.9 Å². The van der Waals surface area contributed by atoms with Crippen LogP contribution in [0, 0.1) is 28.6 Å². The van der Waals surface area contributed by atoms with E-state index in [1.165, 1.54) is 0 Å². The number of amides is 1. The first-order valence-corrected chi connectivity index (χ1v) is 15.8. The first-order valence-electron chi connectivity index (χ1n) is 15.8. The molecule has 6 rings (SSSR count). The van der Waals surface area contributed by atoms with E-state index in [9.17, 15) is 40.3 Å². The number of likely N-dealkylation sites (tertiary alicyclic amines) is 1. The zero-order valence-electron chi connectivity index (χ0n) is 25.8. The van der Waals surface area contributed by atoms with Gasteiger partial charge in [0.25, 0.3) is 0 Å². The zero-order valence-corrected chi connectivity index (χ0v) is 25.8. The van der Waals surface area contributed by atoms with Crippen LogP contribution in [0.3, 0.4) is 0 Å². The topological polar surface area (TPSA) is 190 Å². The molecule has 3 heterocycles. The number of rotatable bonds is 3. The van der Waals surface area contributed by atoms with Crippen molar-refractivity contribution in [2.45, 2.75) is 86.5 Å². The number of piperidine rings is 1. The van der Waals surface area contributed by atoms with Gasteiger partial charge in [0.2, 0.25) is 5.91 Å². The van der Waals surface area contributed by atoms with Gasteiger partial charge in [0, 0.05) is 43.0 Å². The molecule has 12 heteroatoms. The maximum atomic E-state index is 12.2. The lowest BCUT2D eigenvalue weighted by Crippen LogP contribution is -2.58. The Labute approximate surface area is 271 Å². The van der Waals surface area contributed by atoms with Crippen LogP contribution in [0.4, 0.5) is 0 Å². The number of ether oxygens (including phenoxy) is 2. The number of nitrogens with zero attached hydrogens (tertiary/aromatic N) is 2. The molecule has 248 valence electrons. The second-order valence-electron chi connectivity index (χ2n) is 12.7. The second kappa shape index (κ2) is 13.4. The van der Waals surface area contributed by atoms with E-state index in [0.29, 0.717) is 37.1 Å². The van der Waals surface area contributed by atoms with E-state index in [1.807, 2.05) is 41.3 Å². The van der Waals surface area contributed by atoms with E-state index in [4.69, 9.17) is 9.47 Å². The highest BCUT2D eigenvalue weighted by molar-refractivity contribution is 5.83. The maximum Gasteiger partial charge on any atom is 0.219 e. The van der Waals surface area contributed by atoms with Gasteiger partial charge in [-0.25, -0.2) is 0 Å². The first kappa shape index (κ1) is 33.2. The van der Waals surface area contributed by atoms with Crippen molar-refractivity contribution < 1.29 is 44.9 Å². The number of nitroso groups, excluding NO2 is 1. The summed E-state index contributed by atoms with van der Waals surface area (Å²) in [6, 6.07) is 10.8. The SMILES string of the molecule is CC(=O)N1CCC2(CC1)c1cc(C#CC3O[C@H](CO)CC(N=O)[C@@H]3O)ccc1-c1ccc(C#CC3O[C@H](CO)[C@@H](O)[C@H](O)[C@@H]3O)cc12. The van der Waals surface area contributed by atoms with E-state index >= 15 is 0 Å². The minimum Gasteiger partial charge on any atom is -0.394 e. The molecule has 47 heavy (non-hydrogen) atoms. The summed E-state index contributed by atoms with van der Waals surface area (Å²) in [6.45, 7) is 1.80. The number of aliphatic hydroxyl groups is 6. The fourth-order valence-corrected chi connectivity index (χ4v) is 7.22. The summed E-state index contributed by atoms with van der Waals surface area (Å²) in [6.07, 6.45) is -8.06. The molecule has 0 bridgehead atoms. The molecule has 9 atom stereocenters.